The zero-order valence-electron chi connectivity index (χ0n) is 13.9. The van der Waals surface area contributed by atoms with Crippen LogP contribution in [0, 0.1) is 11.3 Å². The molecule has 0 saturated heterocycles. The number of carbonyl (C=O) groups excluding carboxylic acids is 1. The highest BCUT2D eigenvalue weighted by atomic mass is 32.2. The van der Waals surface area contributed by atoms with Gasteiger partial charge >= 0.3 is 0 Å². The summed E-state index contributed by atoms with van der Waals surface area (Å²) in [6, 6.07) is 19.5. The van der Waals surface area contributed by atoms with Gasteiger partial charge in [-0.2, -0.15) is 5.26 Å². The van der Waals surface area contributed by atoms with Gasteiger partial charge in [0.05, 0.1) is 11.6 Å². The molecule has 0 aliphatic rings. The molecule has 0 atom stereocenters. The average molecular weight is 380 g/mol. The maximum Gasteiger partial charge on any atom is 0.226 e. The minimum Gasteiger partial charge on any atom is -0.300 e. The Balaban J connectivity index is 1.46. The number of rotatable bonds is 7. The number of aryl methyl sites for hydroxylation is 1. The molecule has 5 nitrogen and oxygen atoms in total. The lowest BCUT2D eigenvalue weighted by atomic mass is 10.1. The lowest BCUT2D eigenvalue weighted by Gasteiger charge is -2.01. The van der Waals surface area contributed by atoms with Crippen molar-refractivity contribution in [2.75, 3.05) is 5.32 Å². The molecule has 1 N–H and O–H groups in total. The summed E-state index contributed by atoms with van der Waals surface area (Å²) in [4.78, 5) is 12.0. The topological polar surface area (TPSA) is 78.7 Å². The van der Waals surface area contributed by atoms with Crippen LogP contribution in [-0.4, -0.2) is 16.1 Å². The van der Waals surface area contributed by atoms with Crippen LogP contribution in [0.2, 0.25) is 0 Å². The summed E-state index contributed by atoms with van der Waals surface area (Å²) in [6.07, 6.45) is 1.11. The normalized spacial score (nSPS) is 10.3. The molecule has 0 bridgehead atoms. The van der Waals surface area contributed by atoms with E-state index >= 15 is 0 Å². The Morgan fingerprint density at radius 3 is 2.58 bits per heavy atom. The van der Waals surface area contributed by atoms with E-state index in [4.69, 9.17) is 5.26 Å². The molecular weight excluding hydrogens is 364 g/mol. The van der Waals surface area contributed by atoms with E-state index in [-0.39, 0.29) is 5.91 Å². The molecule has 130 valence electrons. The molecular formula is C19H16N4OS2. The highest BCUT2D eigenvalue weighted by molar-refractivity contribution is 8.00. The van der Waals surface area contributed by atoms with Crippen LogP contribution in [0.3, 0.4) is 0 Å². The molecule has 2 aromatic carbocycles. The fourth-order valence-corrected chi connectivity index (χ4v) is 3.95. The van der Waals surface area contributed by atoms with Crippen molar-refractivity contribution >= 4 is 34.1 Å². The highest BCUT2D eigenvalue weighted by Crippen LogP contribution is 2.28. The van der Waals surface area contributed by atoms with Crippen molar-refractivity contribution in [1.29, 1.82) is 5.26 Å². The van der Waals surface area contributed by atoms with Crippen LogP contribution in [0.4, 0.5) is 5.13 Å². The number of benzene rings is 2. The van der Waals surface area contributed by atoms with Crippen LogP contribution in [-0.2, 0) is 17.0 Å². The highest BCUT2D eigenvalue weighted by Gasteiger charge is 2.09. The van der Waals surface area contributed by atoms with Crippen molar-refractivity contribution in [1.82, 2.24) is 10.2 Å². The number of nitrogens with one attached hydrogen (secondary N) is 1. The molecule has 0 spiro atoms. The summed E-state index contributed by atoms with van der Waals surface area (Å²) in [5.41, 5.74) is 2.89. The maximum atomic E-state index is 12.0. The van der Waals surface area contributed by atoms with Crippen LogP contribution in [0.5, 0.6) is 0 Å². The second-order valence-electron chi connectivity index (χ2n) is 5.50. The second kappa shape index (κ2) is 9.13. The van der Waals surface area contributed by atoms with E-state index in [2.05, 4.69) is 21.6 Å². The van der Waals surface area contributed by atoms with E-state index in [1.54, 1.807) is 23.9 Å². The fourth-order valence-electron chi connectivity index (χ4n) is 2.22. The molecule has 0 saturated carbocycles. The smallest absolute Gasteiger partial charge is 0.226 e. The van der Waals surface area contributed by atoms with Gasteiger partial charge in [-0.15, -0.1) is 10.2 Å². The Morgan fingerprint density at radius 2 is 1.85 bits per heavy atom. The number of anilines is 1. The number of nitriles is 1. The summed E-state index contributed by atoms with van der Waals surface area (Å²) >= 11 is 2.92. The van der Waals surface area contributed by atoms with Crippen LogP contribution in [0.25, 0.3) is 0 Å². The number of thioether (sulfide) groups is 1. The Morgan fingerprint density at radius 1 is 1.08 bits per heavy atom. The van der Waals surface area contributed by atoms with Crippen molar-refractivity contribution < 1.29 is 4.79 Å². The Bertz CT molecular complexity index is 901. The first-order chi connectivity index (χ1) is 12.7. The maximum absolute atomic E-state index is 12.0. The SMILES string of the molecule is N#Cc1ccc(CSc2nnc(NC(=O)CCc3ccccc3)s2)cc1. The van der Waals surface area contributed by atoms with Crippen LogP contribution in [0.15, 0.2) is 58.9 Å². The fraction of sp³-hybridized carbons (Fsp3) is 0.158. The third kappa shape index (κ3) is 5.41. The lowest BCUT2D eigenvalue weighted by Crippen LogP contribution is -2.12. The average Bonchev–Trinajstić information content (AvgIpc) is 3.13. The summed E-state index contributed by atoms with van der Waals surface area (Å²) in [6.45, 7) is 0. The zero-order chi connectivity index (χ0) is 18.2. The summed E-state index contributed by atoms with van der Waals surface area (Å²) in [5, 5.41) is 20.3. The number of carbonyl (C=O) groups is 1. The third-order valence-corrected chi connectivity index (χ3v) is 5.62. The van der Waals surface area contributed by atoms with Crippen molar-refractivity contribution in [3.63, 3.8) is 0 Å². The largest absolute Gasteiger partial charge is 0.300 e. The first-order valence-electron chi connectivity index (χ1n) is 8.02. The first kappa shape index (κ1) is 18.1. The first-order valence-corrected chi connectivity index (χ1v) is 9.82. The van der Waals surface area contributed by atoms with Gasteiger partial charge in [-0.3, -0.25) is 4.79 Å². The summed E-state index contributed by atoms with van der Waals surface area (Å²) in [7, 11) is 0. The Hall–Kier alpha value is -2.69. The van der Waals surface area contributed by atoms with E-state index in [0.29, 0.717) is 23.5 Å². The second-order valence-corrected chi connectivity index (χ2v) is 7.70. The summed E-state index contributed by atoms with van der Waals surface area (Å²) in [5.74, 6) is 0.677. The molecule has 0 radical (unpaired) electrons. The predicted molar refractivity (Wildman–Crippen MR) is 104 cm³/mol. The van der Waals surface area contributed by atoms with E-state index in [1.807, 2.05) is 42.5 Å². The number of hydrogen-bond donors (Lipinski definition) is 1. The van der Waals surface area contributed by atoms with Gasteiger partial charge in [0, 0.05) is 12.2 Å². The van der Waals surface area contributed by atoms with Gasteiger partial charge in [-0.25, -0.2) is 0 Å². The summed E-state index contributed by atoms with van der Waals surface area (Å²) < 4.78 is 0.799. The minimum absolute atomic E-state index is 0.0614. The zero-order valence-corrected chi connectivity index (χ0v) is 15.5. The molecule has 1 amide bonds. The van der Waals surface area contributed by atoms with Crippen molar-refractivity contribution in [3.8, 4) is 6.07 Å². The molecule has 0 aliphatic carbocycles. The molecule has 1 aromatic heterocycles. The van der Waals surface area contributed by atoms with Crippen molar-refractivity contribution in [2.24, 2.45) is 0 Å². The molecule has 0 aliphatic heterocycles. The van der Waals surface area contributed by atoms with Crippen LogP contribution in [0.1, 0.15) is 23.1 Å². The predicted octanol–water partition coefficient (Wildman–Crippen LogP) is 4.27. The molecule has 26 heavy (non-hydrogen) atoms. The van der Waals surface area contributed by atoms with Crippen molar-refractivity contribution in [3.05, 3.63) is 71.3 Å². The number of hydrogen-bond acceptors (Lipinski definition) is 6. The minimum atomic E-state index is -0.0614. The number of aromatic nitrogens is 2. The van der Waals surface area contributed by atoms with E-state index in [1.165, 1.54) is 11.3 Å². The molecule has 1 heterocycles. The van der Waals surface area contributed by atoms with Gasteiger partial charge in [0.25, 0.3) is 0 Å². The van der Waals surface area contributed by atoms with Gasteiger partial charge in [-0.05, 0) is 29.7 Å². The monoisotopic (exact) mass is 380 g/mol. The molecule has 0 fully saturated rings. The van der Waals surface area contributed by atoms with Gasteiger partial charge in [0.15, 0.2) is 4.34 Å². The Kier molecular flexibility index (Phi) is 6.36. The van der Waals surface area contributed by atoms with Crippen molar-refractivity contribution in [2.45, 2.75) is 22.9 Å². The van der Waals surface area contributed by atoms with E-state index in [0.717, 1.165) is 21.2 Å². The van der Waals surface area contributed by atoms with Crippen LogP contribution < -0.4 is 5.32 Å². The standard InChI is InChI=1S/C19H16N4OS2/c20-12-15-6-8-16(9-7-15)13-25-19-23-22-18(26-19)21-17(24)11-10-14-4-2-1-3-5-14/h1-9H,10-11,13H2,(H,21,22,24). The molecule has 0 unspecified atom stereocenters. The van der Waals surface area contributed by atoms with E-state index in [9.17, 15) is 4.79 Å². The molecule has 7 heteroatoms. The van der Waals surface area contributed by atoms with Gasteiger partial charge in [-0.1, -0.05) is 65.6 Å². The Labute approximate surface area is 160 Å². The number of amides is 1. The van der Waals surface area contributed by atoms with Gasteiger partial charge in [0.1, 0.15) is 0 Å². The van der Waals surface area contributed by atoms with Gasteiger partial charge < -0.3 is 5.32 Å². The van der Waals surface area contributed by atoms with Crippen LogP contribution >= 0.6 is 23.1 Å². The number of nitrogens with zero attached hydrogens (tertiary/aromatic N) is 3. The third-order valence-electron chi connectivity index (χ3n) is 3.58. The lowest BCUT2D eigenvalue weighted by molar-refractivity contribution is -0.116. The molecule has 3 rings (SSSR count). The molecule has 3 aromatic rings. The quantitative estimate of drug-likeness (QED) is 0.489. The van der Waals surface area contributed by atoms with Gasteiger partial charge in [0.2, 0.25) is 11.0 Å². The van der Waals surface area contributed by atoms with E-state index < -0.39 is 0 Å².